The first-order valence-corrected chi connectivity index (χ1v) is 4.89. The molecule has 0 bridgehead atoms. The van der Waals surface area contributed by atoms with Gasteiger partial charge in [0.15, 0.2) is 0 Å². The largest absolute Gasteiger partial charge is 0.450 e. The molecule has 82 valence electrons. The van der Waals surface area contributed by atoms with E-state index in [1.165, 1.54) is 0 Å². The molecule has 1 aromatic carbocycles. The van der Waals surface area contributed by atoms with Gasteiger partial charge in [-0.3, -0.25) is 0 Å². The maximum atomic E-state index is 11.0. The fourth-order valence-corrected chi connectivity index (χ4v) is 1.24. The Hall–Kier alpha value is -1.71. The van der Waals surface area contributed by atoms with Crippen LogP contribution < -0.4 is 11.1 Å². The summed E-state index contributed by atoms with van der Waals surface area (Å²) in [7, 11) is 0. The summed E-state index contributed by atoms with van der Waals surface area (Å²) in [5.41, 5.74) is 8.47. The van der Waals surface area contributed by atoms with Gasteiger partial charge >= 0.3 is 6.09 Å². The third-order valence-electron chi connectivity index (χ3n) is 2.19. The fraction of sp³-hybridized carbons (Fsp3) is 0.364. The van der Waals surface area contributed by atoms with E-state index in [1.807, 2.05) is 25.1 Å². The zero-order chi connectivity index (χ0) is 11.3. The number of nitrogens with one attached hydrogen (secondary N) is 1. The smallest absolute Gasteiger partial charge is 0.407 e. The fourth-order valence-electron chi connectivity index (χ4n) is 1.24. The molecule has 0 aromatic heterocycles. The van der Waals surface area contributed by atoms with Crippen molar-refractivity contribution in [2.75, 3.05) is 12.3 Å². The van der Waals surface area contributed by atoms with Gasteiger partial charge in [-0.2, -0.15) is 0 Å². The molecular weight excluding hydrogens is 192 g/mol. The van der Waals surface area contributed by atoms with Gasteiger partial charge < -0.3 is 15.8 Å². The summed E-state index contributed by atoms with van der Waals surface area (Å²) in [5.74, 6) is 0. The van der Waals surface area contributed by atoms with Crippen molar-refractivity contribution in [2.45, 2.75) is 20.4 Å². The molecule has 0 aliphatic carbocycles. The van der Waals surface area contributed by atoms with Crippen molar-refractivity contribution in [1.29, 1.82) is 0 Å². The van der Waals surface area contributed by atoms with Crippen molar-refractivity contribution in [1.82, 2.24) is 5.32 Å². The van der Waals surface area contributed by atoms with Crippen LogP contribution in [-0.2, 0) is 11.3 Å². The number of hydrogen-bond donors (Lipinski definition) is 2. The minimum atomic E-state index is -0.403. The van der Waals surface area contributed by atoms with Crippen LogP contribution >= 0.6 is 0 Å². The molecule has 0 aliphatic rings. The maximum absolute atomic E-state index is 11.0. The predicted octanol–water partition coefficient (Wildman–Crippen LogP) is 1.82. The van der Waals surface area contributed by atoms with Crippen LogP contribution in [0.1, 0.15) is 18.1 Å². The highest BCUT2D eigenvalue weighted by atomic mass is 16.5. The number of alkyl carbamates (subject to hydrolysis) is 1. The number of amides is 1. The molecule has 0 heterocycles. The zero-order valence-electron chi connectivity index (χ0n) is 9.04. The lowest BCUT2D eigenvalue weighted by molar-refractivity contribution is 0.151. The summed E-state index contributed by atoms with van der Waals surface area (Å²) in [4.78, 5) is 11.0. The SMILES string of the molecule is CCOC(=O)NCc1cccc(N)c1C. The van der Waals surface area contributed by atoms with Crippen molar-refractivity contribution < 1.29 is 9.53 Å². The van der Waals surface area contributed by atoms with E-state index >= 15 is 0 Å². The Morgan fingerprint density at radius 1 is 1.53 bits per heavy atom. The Labute approximate surface area is 89.4 Å². The Bertz CT molecular complexity index is 350. The number of nitrogen functional groups attached to an aromatic ring is 1. The molecule has 1 rings (SSSR count). The topological polar surface area (TPSA) is 64.3 Å². The van der Waals surface area contributed by atoms with E-state index in [2.05, 4.69) is 5.32 Å². The second-order valence-electron chi connectivity index (χ2n) is 3.21. The van der Waals surface area contributed by atoms with Crippen molar-refractivity contribution in [3.05, 3.63) is 29.3 Å². The highest BCUT2D eigenvalue weighted by Gasteiger charge is 2.03. The molecule has 0 fully saturated rings. The highest BCUT2D eigenvalue weighted by Crippen LogP contribution is 2.14. The number of hydrogen-bond acceptors (Lipinski definition) is 3. The summed E-state index contributed by atoms with van der Waals surface area (Å²) < 4.78 is 4.75. The van der Waals surface area contributed by atoms with Crippen molar-refractivity contribution in [3.63, 3.8) is 0 Å². The molecule has 0 aliphatic heterocycles. The molecule has 0 radical (unpaired) electrons. The number of nitrogens with two attached hydrogens (primary N) is 1. The van der Waals surface area contributed by atoms with Gasteiger partial charge in [-0.15, -0.1) is 0 Å². The molecule has 4 nitrogen and oxygen atoms in total. The monoisotopic (exact) mass is 208 g/mol. The van der Waals surface area contributed by atoms with Gasteiger partial charge in [0.25, 0.3) is 0 Å². The number of carbonyl (C=O) groups is 1. The van der Waals surface area contributed by atoms with Crippen LogP contribution in [0.4, 0.5) is 10.5 Å². The molecule has 4 heteroatoms. The average Bonchev–Trinajstić information content (AvgIpc) is 2.21. The van der Waals surface area contributed by atoms with E-state index in [9.17, 15) is 4.79 Å². The Kier molecular flexibility index (Phi) is 3.97. The number of rotatable bonds is 3. The molecule has 15 heavy (non-hydrogen) atoms. The maximum Gasteiger partial charge on any atom is 0.407 e. The summed E-state index contributed by atoms with van der Waals surface area (Å²) >= 11 is 0. The quantitative estimate of drug-likeness (QED) is 0.745. The minimum Gasteiger partial charge on any atom is -0.450 e. The lowest BCUT2D eigenvalue weighted by Gasteiger charge is -2.09. The van der Waals surface area contributed by atoms with E-state index in [1.54, 1.807) is 6.92 Å². The van der Waals surface area contributed by atoms with Gasteiger partial charge in [0.2, 0.25) is 0 Å². The van der Waals surface area contributed by atoms with E-state index in [0.717, 1.165) is 16.8 Å². The van der Waals surface area contributed by atoms with E-state index in [-0.39, 0.29) is 0 Å². The van der Waals surface area contributed by atoms with Crippen molar-refractivity contribution in [2.24, 2.45) is 0 Å². The second-order valence-corrected chi connectivity index (χ2v) is 3.21. The normalized spacial score (nSPS) is 9.73. The van der Waals surface area contributed by atoms with Crippen LogP contribution in [0.15, 0.2) is 18.2 Å². The van der Waals surface area contributed by atoms with Crippen molar-refractivity contribution >= 4 is 11.8 Å². The Balaban J connectivity index is 2.58. The van der Waals surface area contributed by atoms with Gasteiger partial charge in [-0.1, -0.05) is 12.1 Å². The highest BCUT2D eigenvalue weighted by molar-refractivity contribution is 5.67. The third kappa shape index (κ3) is 3.16. The molecule has 1 aromatic rings. The van der Waals surface area contributed by atoms with Crippen LogP contribution in [0.25, 0.3) is 0 Å². The Morgan fingerprint density at radius 2 is 2.27 bits per heavy atom. The van der Waals surface area contributed by atoms with Crippen LogP contribution in [0.2, 0.25) is 0 Å². The number of carbonyl (C=O) groups excluding carboxylic acids is 1. The van der Waals surface area contributed by atoms with Crippen LogP contribution in [0.5, 0.6) is 0 Å². The van der Waals surface area contributed by atoms with Gasteiger partial charge in [-0.25, -0.2) is 4.79 Å². The van der Waals surface area contributed by atoms with Gasteiger partial charge in [0.05, 0.1) is 6.61 Å². The van der Waals surface area contributed by atoms with E-state index < -0.39 is 6.09 Å². The first-order valence-electron chi connectivity index (χ1n) is 4.89. The number of anilines is 1. The molecular formula is C11H16N2O2. The lowest BCUT2D eigenvalue weighted by Crippen LogP contribution is -2.24. The Morgan fingerprint density at radius 3 is 2.93 bits per heavy atom. The third-order valence-corrected chi connectivity index (χ3v) is 2.19. The summed E-state index contributed by atoms with van der Waals surface area (Å²) in [6.45, 7) is 4.51. The molecule has 0 saturated carbocycles. The van der Waals surface area contributed by atoms with Crippen LogP contribution in [0.3, 0.4) is 0 Å². The van der Waals surface area contributed by atoms with Crippen LogP contribution in [0, 0.1) is 6.92 Å². The summed E-state index contributed by atoms with van der Waals surface area (Å²) in [5, 5.41) is 2.65. The number of benzene rings is 1. The van der Waals surface area contributed by atoms with Gasteiger partial charge in [0.1, 0.15) is 0 Å². The predicted molar refractivity (Wildman–Crippen MR) is 59.5 cm³/mol. The molecule has 1 amide bonds. The first-order chi connectivity index (χ1) is 7.15. The molecule has 3 N–H and O–H groups in total. The lowest BCUT2D eigenvalue weighted by atomic mass is 10.1. The van der Waals surface area contributed by atoms with Gasteiger partial charge in [0, 0.05) is 12.2 Å². The minimum absolute atomic E-state index is 0.377. The van der Waals surface area contributed by atoms with Crippen molar-refractivity contribution in [3.8, 4) is 0 Å². The zero-order valence-corrected chi connectivity index (χ0v) is 9.04. The number of ether oxygens (including phenoxy) is 1. The first kappa shape index (κ1) is 11.4. The van der Waals surface area contributed by atoms with E-state index in [0.29, 0.717) is 13.2 Å². The molecule has 0 atom stereocenters. The average molecular weight is 208 g/mol. The van der Waals surface area contributed by atoms with E-state index in [4.69, 9.17) is 10.5 Å². The molecule has 0 spiro atoms. The second kappa shape index (κ2) is 5.24. The molecule has 0 saturated heterocycles. The standard InChI is InChI=1S/C11H16N2O2/c1-3-15-11(14)13-7-9-5-4-6-10(12)8(9)2/h4-6H,3,7,12H2,1-2H3,(H,13,14). The molecule has 0 unspecified atom stereocenters. The summed E-state index contributed by atoms with van der Waals surface area (Å²) in [6.07, 6.45) is -0.403. The van der Waals surface area contributed by atoms with Crippen LogP contribution in [-0.4, -0.2) is 12.7 Å². The van der Waals surface area contributed by atoms with Gasteiger partial charge in [-0.05, 0) is 31.0 Å². The summed E-state index contributed by atoms with van der Waals surface area (Å²) in [6, 6.07) is 5.63.